The highest BCUT2D eigenvalue weighted by Gasteiger charge is 2.35. The van der Waals surface area contributed by atoms with Crippen molar-refractivity contribution in [2.75, 3.05) is 26.3 Å². The zero-order valence-electron chi connectivity index (χ0n) is 11.6. The predicted molar refractivity (Wildman–Crippen MR) is 74.6 cm³/mol. The second-order valence-corrected chi connectivity index (χ2v) is 5.45. The van der Waals surface area contributed by atoms with Crippen LogP contribution in [-0.2, 0) is 9.53 Å². The third kappa shape index (κ3) is 2.39. The molecule has 0 radical (unpaired) electrons. The number of carbonyl (C=O) groups is 1. The van der Waals surface area contributed by atoms with Gasteiger partial charge in [0.15, 0.2) is 0 Å². The fourth-order valence-electron chi connectivity index (χ4n) is 2.78. The van der Waals surface area contributed by atoms with Crippen molar-refractivity contribution in [2.45, 2.75) is 25.0 Å². The third-order valence-corrected chi connectivity index (χ3v) is 3.99. The number of nitrogens with two attached hydrogens (primary N) is 1. The van der Waals surface area contributed by atoms with E-state index >= 15 is 0 Å². The number of ether oxygens (including phenoxy) is 2. The number of fused-ring (bicyclic) bond motifs is 1. The van der Waals surface area contributed by atoms with Gasteiger partial charge in [0.1, 0.15) is 18.3 Å². The fourth-order valence-corrected chi connectivity index (χ4v) is 2.78. The van der Waals surface area contributed by atoms with Gasteiger partial charge in [0.25, 0.3) is 0 Å². The van der Waals surface area contributed by atoms with Crippen LogP contribution < -0.4 is 10.5 Å². The average Bonchev–Trinajstić information content (AvgIpc) is 2.90. The number of benzene rings is 1. The molecule has 0 aliphatic carbocycles. The van der Waals surface area contributed by atoms with Crippen LogP contribution in [-0.4, -0.2) is 49.3 Å². The largest absolute Gasteiger partial charge is 0.492 e. The molecule has 3 rings (SSSR count). The Morgan fingerprint density at radius 2 is 2.25 bits per heavy atom. The lowest BCUT2D eigenvalue weighted by atomic mass is 9.99. The van der Waals surface area contributed by atoms with E-state index in [4.69, 9.17) is 15.2 Å². The molecule has 2 aliphatic rings. The molecule has 1 fully saturated rings. The van der Waals surface area contributed by atoms with Crippen molar-refractivity contribution in [3.63, 3.8) is 0 Å². The summed E-state index contributed by atoms with van der Waals surface area (Å²) in [6.45, 7) is 4.08. The summed E-state index contributed by atoms with van der Waals surface area (Å²) in [5.41, 5.74) is 6.86. The molecular weight excluding hydrogens is 256 g/mol. The van der Waals surface area contributed by atoms with Gasteiger partial charge in [-0.2, -0.15) is 0 Å². The van der Waals surface area contributed by atoms with Crippen molar-refractivity contribution < 1.29 is 14.3 Å². The van der Waals surface area contributed by atoms with Gasteiger partial charge in [0.2, 0.25) is 5.91 Å². The summed E-state index contributed by atoms with van der Waals surface area (Å²) in [5, 5.41) is 0. The van der Waals surface area contributed by atoms with E-state index in [9.17, 15) is 4.79 Å². The van der Waals surface area contributed by atoms with Crippen LogP contribution in [0.2, 0.25) is 0 Å². The van der Waals surface area contributed by atoms with Crippen LogP contribution >= 0.6 is 0 Å². The van der Waals surface area contributed by atoms with Crippen molar-refractivity contribution >= 4 is 5.91 Å². The highest BCUT2D eigenvalue weighted by molar-refractivity contribution is 5.85. The maximum atomic E-state index is 12.7. The summed E-state index contributed by atoms with van der Waals surface area (Å²) in [7, 11) is 0. The summed E-state index contributed by atoms with van der Waals surface area (Å²) < 4.78 is 11.2. The summed E-state index contributed by atoms with van der Waals surface area (Å²) >= 11 is 0. The van der Waals surface area contributed by atoms with E-state index in [0.717, 1.165) is 11.3 Å². The predicted octanol–water partition coefficient (Wildman–Crippen LogP) is 0.737. The Labute approximate surface area is 118 Å². The molecule has 3 atom stereocenters. The van der Waals surface area contributed by atoms with Gasteiger partial charge in [-0.15, -0.1) is 0 Å². The maximum Gasteiger partial charge on any atom is 0.233 e. The Kier molecular flexibility index (Phi) is 3.63. The lowest BCUT2D eigenvalue weighted by Gasteiger charge is -2.35. The first-order valence-corrected chi connectivity index (χ1v) is 7.04. The number of rotatable bonds is 2. The lowest BCUT2D eigenvalue weighted by Crippen LogP contribution is -2.52. The van der Waals surface area contributed by atoms with E-state index in [-0.39, 0.29) is 24.0 Å². The summed E-state index contributed by atoms with van der Waals surface area (Å²) in [6, 6.07) is 7.67. The molecule has 20 heavy (non-hydrogen) atoms. The Morgan fingerprint density at radius 1 is 1.45 bits per heavy atom. The van der Waals surface area contributed by atoms with Gasteiger partial charge in [-0.1, -0.05) is 18.2 Å². The molecule has 5 nitrogen and oxygen atoms in total. The molecule has 2 heterocycles. The standard InChI is InChI=1S/C15H20N2O3/c1-10(16)14-8-17(6-7-19-14)15(18)12-9-20-13-5-3-2-4-11(12)13/h2-5,10,12,14H,6-9,16H2,1H3. The molecule has 1 aromatic rings. The Balaban J connectivity index is 1.74. The monoisotopic (exact) mass is 276 g/mol. The first kappa shape index (κ1) is 13.4. The summed E-state index contributed by atoms with van der Waals surface area (Å²) in [4.78, 5) is 14.5. The molecule has 0 bridgehead atoms. The molecule has 2 aliphatic heterocycles. The van der Waals surface area contributed by atoms with E-state index < -0.39 is 0 Å². The van der Waals surface area contributed by atoms with Crippen LogP contribution in [0.25, 0.3) is 0 Å². The van der Waals surface area contributed by atoms with E-state index in [0.29, 0.717) is 26.3 Å². The topological polar surface area (TPSA) is 64.8 Å². The number of para-hydroxylation sites is 1. The lowest BCUT2D eigenvalue weighted by molar-refractivity contribution is -0.141. The number of hydrogen-bond acceptors (Lipinski definition) is 4. The molecule has 0 spiro atoms. The van der Waals surface area contributed by atoms with Crippen LogP contribution in [0.3, 0.4) is 0 Å². The molecule has 1 saturated heterocycles. The minimum absolute atomic E-state index is 0.0716. The van der Waals surface area contributed by atoms with Gasteiger partial charge < -0.3 is 20.1 Å². The van der Waals surface area contributed by atoms with Gasteiger partial charge in [0.05, 0.1) is 12.7 Å². The number of carbonyl (C=O) groups excluding carboxylic acids is 1. The van der Waals surface area contributed by atoms with Crippen LogP contribution in [0.4, 0.5) is 0 Å². The van der Waals surface area contributed by atoms with Crippen LogP contribution in [0.15, 0.2) is 24.3 Å². The number of nitrogens with zero attached hydrogens (tertiary/aromatic N) is 1. The number of hydrogen-bond donors (Lipinski definition) is 1. The van der Waals surface area contributed by atoms with Crippen molar-refractivity contribution in [1.82, 2.24) is 4.90 Å². The second kappa shape index (κ2) is 5.42. The Hall–Kier alpha value is -1.59. The van der Waals surface area contributed by atoms with Gasteiger partial charge in [-0.05, 0) is 13.0 Å². The summed E-state index contributed by atoms with van der Waals surface area (Å²) in [6.07, 6.45) is -0.0785. The molecule has 0 saturated carbocycles. The SMILES string of the molecule is CC(N)C1CN(C(=O)C2COc3ccccc32)CCO1. The first-order valence-electron chi connectivity index (χ1n) is 7.04. The molecular formula is C15H20N2O3. The van der Waals surface area contributed by atoms with Crippen molar-refractivity contribution in [1.29, 1.82) is 0 Å². The van der Waals surface area contributed by atoms with Crippen molar-refractivity contribution in [3.8, 4) is 5.75 Å². The van der Waals surface area contributed by atoms with Crippen LogP contribution in [0.5, 0.6) is 5.75 Å². The molecule has 2 N–H and O–H groups in total. The zero-order chi connectivity index (χ0) is 14.1. The Morgan fingerprint density at radius 3 is 3.05 bits per heavy atom. The Bertz CT molecular complexity index is 504. The van der Waals surface area contributed by atoms with Gasteiger partial charge in [-0.25, -0.2) is 0 Å². The van der Waals surface area contributed by atoms with Gasteiger partial charge in [-0.3, -0.25) is 4.79 Å². The normalized spacial score (nSPS) is 26.8. The van der Waals surface area contributed by atoms with E-state index in [2.05, 4.69) is 0 Å². The molecule has 5 heteroatoms. The average molecular weight is 276 g/mol. The first-order chi connectivity index (χ1) is 9.66. The quantitative estimate of drug-likeness (QED) is 0.865. The minimum Gasteiger partial charge on any atom is -0.492 e. The summed E-state index contributed by atoms with van der Waals surface area (Å²) in [5.74, 6) is 0.741. The maximum absolute atomic E-state index is 12.7. The van der Waals surface area contributed by atoms with E-state index in [1.165, 1.54) is 0 Å². The van der Waals surface area contributed by atoms with E-state index in [1.54, 1.807) is 0 Å². The van der Waals surface area contributed by atoms with Crippen LogP contribution in [0, 0.1) is 0 Å². The number of morpholine rings is 1. The smallest absolute Gasteiger partial charge is 0.233 e. The molecule has 1 aromatic carbocycles. The van der Waals surface area contributed by atoms with Gasteiger partial charge >= 0.3 is 0 Å². The number of amides is 1. The van der Waals surface area contributed by atoms with Gasteiger partial charge in [0, 0.05) is 24.7 Å². The van der Waals surface area contributed by atoms with Crippen molar-refractivity contribution in [2.24, 2.45) is 5.73 Å². The molecule has 1 amide bonds. The second-order valence-electron chi connectivity index (χ2n) is 5.45. The molecule has 108 valence electrons. The van der Waals surface area contributed by atoms with E-state index in [1.807, 2.05) is 36.1 Å². The zero-order valence-corrected chi connectivity index (χ0v) is 11.6. The minimum atomic E-state index is -0.196. The van der Waals surface area contributed by atoms with Crippen molar-refractivity contribution in [3.05, 3.63) is 29.8 Å². The molecule has 0 aromatic heterocycles. The fraction of sp³-hybridized carbons (Fsp3) is 0.533. The highest BCUT2D eigenvalue weighted by Crippen LogP contribution is 2.34. The third-order valence-electron chi connectivity index (χ3n) is 3.99. The van der Waals surface area contributed by atoms with Crippen LogP contribution in [0.1, 0.15) is 18.4 Å². The highest BCUT2D eigenvalue weighted by atomic mass is 16.5. The molecule has 3 unspecified atom stereocenters.